The molecule has 1 aliphatic carbocycles. The topological polar surface area (TPSA) is 91.2 Å². The van der Waals surface area contributed by atoms with Gasteiger partial charge in [0.1, 0.15) is 21.7 Å². The van der Waals surface area contributed by atoms with Gasteiger partial charge in [0.15, 0.2) is 0 Å². The first-order valence-corrected chi connectivity index (χ1v) is 6.43. The van der Waals surface area contributed by atoms with Crippen molar-refractivity contribution in [2.24, 2.45) is 0 Å². The Morgan fingerprint density at radius 3 is 2.85 bits per heavy atom. The van der Waals surface area contributed by atoms with Crippen molar-refractivity contribution in [3.8, 4) is 0 Å². The minimum atomic E-state index is -0.617. The second kappa shape index (κ2) is 4.75. The summed E-state index contributed by atoms with van der Waals surface area (Å²) in [5.41, 5.74) is -0.286. The maximum absolute atomic E-state index is 12.0. The monoisotopic (exact) mass is 295 g/mol. The Kier molecular flexibility index (Phi) is 3.06. The number of nitrogens with zero attached hydrogens (tertiary/aromatic N) is 3. The van der Waals surface area contributed by atoms with Gasteiger partial charge in [-0.3, -0.25) is 19.5 Å². The number of hydrogen-bond acceptors (Lipinski definition) is 5. The van der Waals surface area contributed by atoms with Crippen molar-refractivity contribution in [1.29, 1.82) is 0 Å². The van der Waals surface area contributed by atoms with Crippen LogP contribution in [0.3, 0.4) is 0 Å². The molecule has 2 aromatic heterocycles. The van der Waals surface area contributed by atoms with E-state index in [4.69, 9.17) is 16.0 Å². The van der Waals surface area contributed by atoms with E-state index in [0.717, 1.165) is 12.8 Å². The molecule has 0 N–H and O–H groups in total. The molecule has 0 aromatic carbocycles. The van der Waals surface area contributed by atoms with Crippen molar-refractivity contribution in [1.82, 2.24) is 9.55 Å². The Bertz CT molecular complexity index is 733. The molecule has 0 atom stereocenters. The molecule has 8 heteroatoms. The largest absolute Gasteiger partial charge is 0.433 e. The molecule has 2 heterocycles. The maximum Gasteiger partial charge on any atom is 0.433 e. The molecule has 2 aromatic rings. The van der Waals surface area contributed by atoms with Gasteiger partial charge in [-0.25, -0.2) is 4.98 Å². The van der Waals surface area contributed by atoms with E-state index in [2.05, 4.69) is 4.98 Å². The van der Waals surface area contributed by atoms with Crippen LogP contribution in [0.2, 0.25) is 5.15 Å². The summed E-state index contributed by atoms with van der Waals surface area (Å²) in [7, 11) is 0. The van der Waals surface area contributed by atoms with E-state index in [1.165, 1.54) is 22.8 Å². The van der Waals surface area contributed by atoms with Crippen molar-refractivity contribution < 1.29 is 9.34 Å². The van der Waals surface area contributed by atoms with Crippen molar-refractivity contribution >= 4 is 17.5 Å². The standard InChI is InChI=1S/C12H10ClN3O4/c13-9-5-10(17)15(12(14-9)7-1-2-7)6-8-3-4-11(20-8)16(18)19/h3-5,7H,1-2,6H2. The second-order valence-corrected chi connectivity index (χ2v) is 5.02. The molecule has 0 unspecified atom stereocenters. The molecular formula is C12H10ClN3O4. The minimum absolute atomic E-state index is 0.114. The number of aromatic nitrogens is 2. The summed E-state index contributed by atoms with van der Waals surface area (Å²) >= 11 is 5.81. The van der Waals surface area contributed by atoms with Crippen molar-refractivity contribution in [3.05, 3.63) is 55.4 Å². The fourth-order valence-electron chi connectivity index (χ4n) is 2.01. The summed E-state index contributed by atoms with van der Waals surface area (Å²) in [5, 5.41) is 10.7. The predicted molar refractivity (Wildman–Crippen MR) is 69.9 cm³/mol. The molecule has 0 bridgehead atoms. The first-order valence-electron chi connectivity index (χ1n) is 6.05. The Morgan fingerprint density at radius 2 is 2.25 bits per heavy atom. The lowest BCUT2D eigenvalue weighted by Crippen LogP contribution is -2.24. The average Bonchev–Trinajstić information content (AvgIpc) is 3.11. The predicted octanol–water partition coefficient (Wildman–Crippen LogP) is 2.32. The van der Waals surface area contributed by atoms with E-state index < -0.39 is 4.92 Å². The molecule has 104 valence electrons. The quantitative estimate of drug-likeness (QED) is 0.490. The van der Waals surface area contributed by atoms with Crippen LogP contribution >= 0.6 is 11.6 Å². The Morgan fingerprint density at radius 1 is 1.50 bits per heavy atom. The van der Waals surface area contributed by atoms with E-state index in [9.17, 15) is 14.9 Å². The highest BCUT2D eigenvalue weighted by Crippen LogP contribution is 2.39. The minimum Gasteiger partial charge on any atom is -0.404 e. The molecular weight excluding hydrogens is 286 g/mol. The molecule has 0 radical (unpaired) electrons. The van der Waals surface area contributed by atoms with Crippen LogP contribution in [0.4, 0.5) is 5.88 Å². The van der Waals surface area contributed by atoms with Gasteiger partial charge in [0, 0.05) is 12.0 Å². The molecule has 20 heavy (non-hydrogen) atoms. The molecule has 3 rings (SSSR count). The van der Waals surface area contributed by atoms with Crippen LogP contribution in [0.5, 0.6) is 0 Å². The van der Waals surface area contributed by atoms with Crippen molar-refractivity contribution in [3.63, 3.8) is 0 Å². The highest BCUT2D eigenvalue weighted by molar-refractivity contribution is 6.29. The number of halogens is 1. The smallest absolute Gasteiger partial charge is 0.404 e. The van der Waals surface area contributed by atoms with E-state index in [1.54, 1.807) is 0 Å². The maximum atomic E-state index is 12.0. The third kappa shape index (κ3) is 2.44. The van der Waals surface area contributed by atoms with Crippen LogP contribution in [0, 0.1) is 10.1 Å². The van der Waals surface area contributed by atoms with E-state index in [-0.39, 0.29) is 29.1 Å². The summed E-state index contributed by atoms with van der Waals surface area (Å²) in [6.45, 7) is 0.114. The molecule has 1 saturated carbocycles. The third-order valence-corrected chi connectivity index (χ3v) is 3.28. The lowest BCUT2D eigenvalue weighted by Gasteiger charge is -2.09. The summed E-state index contributed by atoms with van der Waals surface area (Å²) in [6.07, 6.45) is 1.93. The average molecular weight is 296 g/mol. The zero-order chi connectivity index (χ0) is 14.3. The van der Waals surface area contributed by atoms with Gasteiger partial charge in [0.05, 0.1) is 12.6 Å². The van der Waals surface area contributed by atoms with Crippen molar-refractivity contribution in [2.75, 3.05) is 0 Å². The molecule has 1 aliphatic rings. The summed E-state index contributed by atoms with van der Waals surface area (Å²) < 4.78 is 6.52. The van der Waals surface area contributed by atoms with Gasteiger partial charge in [-0.05, 0) is 18.9 Å². The molecule has 0 aliphatic heterocycles. The van der Waals surface area contributed by atoms with Gasteiger partial charge in [0.25, 0.3) is 5.56 Å². The van der Waals surface area contributed by atoms with Crippen LogP contribution in [-0.4, -0.2) is 14.5 Å². The van der Waals surface area contributed by atoms with Crippen LogP contribution in [-0.2, 0) is 6.54 Å². The zero-order valence-corrected chi connectivity index (χ0v) is 11.0. The Labute approximate surface area is 118 Å². The zero-order valence-electron chi connectivity index (χ0n) is 10.3. The number of nitro groups is 1. The fourth-order valence-corrected chi connectivity index (χ4v) is 2.19. The lowest BCUT2D eigenvalue weighted by molar-refractivity contribution is -0.402. The summed E-state index contributed by atoms with van der Waals surface area (Å²) in [5.74, 6) is 0.834. The first kappa shape index (κ1) is 12.9. The highest BCUT2D eigenvalue weighted by Gasteiger charge is 2.29. The van der Waals surface area contributed by atoms with E-state index in [0.29, 0.717) is 11.6 Å². The van der Waals surface area contributed by atoms with E-state index in [1.807, 2.05) is 0 Å². The van der Waals surface area contributed by atoms with Crippen LogP contribution in [0.15, 0.2) is 27.4 Å². The van der Waals surface area contributed by atoms with Gasteiger partial charge in [0.2, 0.25) is 0 Å². The fraction of sp³-hybridized carbons (Fsp3) is 0.333. The number of rotatable bonds is 4. The first-order chi connectivity index (χ1) is 9.54. The van der Waals surface area contributed by atoms with Gasteiger partial charge >= 0.3 is 5.88 Å². The van der Waals surface area contributed by atoms with E-state index >= 15 is 0 Å². The van der Waals surface area contributed by atoms with Crippen LogP contribution in [0.1, 0.15) is 30.3 Å². The van der Waals surface area contributed by atoms with Crippen molar-refractivity contribution in [2.45, 2.75) is 25.3 Å². The highest BCUT2D eigenvalue weighted by atomic mass is 35.5. The molecule has 0 amide bonds. The Hall–Kier alpha value is -2.15. The van der Waals surface area contributed by atoms with Crippen LogP contribution < -0.4 is 5.56 Å². The number of hydrogen-bond donors (Lipinski definition) is 0. The van der Waals surface area contributed by atoms with Gasteiger partial charge in [-0.15, -0.1) is 0 Å². The third-order valence-electron chi connectivity index (χ3n) is 3.09. The summed E-state index contributed by atoms with van der Waals surface area (Å²) in [6, 6.07) is 3.97. The molecule has 0 saturated heterocycles. The molecule has 7 nitrogen and oxygen atoms in total. The van der Waals surface area contributed by atoms with Gasteiger partial charge < -0.3 is 4.42 Å². The normalized spacial score (nSPS) is 14.4. The lowest BCUT2D eigenvalue weighted by atomic mass is 10.3. The SMILES string of the molecule is O=c1cc(Cl)nc(C2CC2)n1Cc1ccc([N+](=O)[O-])o1. The second-order valence-electron chi connectivity index (χ2n) is 4.63. The molecule has 1 fully saturated rings. The Balaban J connectivity index is 1.97. The molecule has 0 spiro atoms. The van der Waals surface area contributed by atoms with Gasteiger partial charge in [-0.2, -0.15) is 0 Å². The van der Waals surface area contributed by atoms with Gasteiger partial charge in [-0.1, -0.05) is 11.6 Å². The summed E-state index contributed by atoms with van der Waals surface area (Å²) in [4.78, 5) is 26.1. The van der Waals surface area contributed by atoms with Crippen LogP contribution in [0.25, 0.3) is 0 Å². The number of furan rings is 1.